The van der Waals surface area contributed by atoms with Crippen LogP contribution in [0.25, 0.3) is 11.3 Å². The predicted octanol–water partition coefficient (Wildman–Crippen LogP) is 5.17. The molecular formula is C19H22F3N3O2. The normalized spacial score (nSPS) is 18.0. The first kappa shape index (κ1) is 19.3. The van der Waals surface area contributed by atoms with E-state index in [0.29, 0.717) is 23.6 Å². The zero-order chi connectivity index (χ0) is 19.8. The van der Waals surface area contributed by atoms with Gasteiger partial charge in [-0.25, -0.2) is 9.78 Å². The van der Waals surface area contributed by atoms with E-state index in [1.54, 1.807) is 11.1 Å². The average Bonchev–Trinajstić information content (AvgIpc) is 3.21. The number of likely N-dealkylation sites (tertiary alicyclic amines) is 1. The van der Waals surface area contributed by atoms with Gasteiger partial charge in [0.05, 0.1) is 23.5 Å². The molecule has 2 aromatic rings. The number of carbonyl (C=O) groups excluding carboxylic acids is 1. The summed E-state index contributed by atoms with van der Waals surface area (Å²) in [6, 6.07) is 4.65. The molecule has 1 aromatic heterocycles. The Hall–Kier alpha value is -2.51. The molecule has 0 saturated carbocycles. The summed E-state index contributed by atoms with van der Waals surface area (Å²) in [7, 11) is 0. The maximum absolute atomic E-state index is 12.7. The minimum atomic E-state index is -4.37. The molecule has 0 spiro atoms. The average molecular weight is 381 g/mol. The molecule has 1 aliphatic rings. The second-order valence-electron chi connectivity index (χ2n) is 7.59. The maximum Gasteiger partial charge on any atom is 0.416 e. The van der Waals surface area contributed by atoms with Gasteiger partial charge in [-0.1, -0.05) is 12.1 Å². The number of aromatic nitrogens is 2. The number of nitrogens with one attached hydrogen (secondary N) is 1. The van der Waals surface area contributed by atoms with E-state index in [0.717, 1.165) is 25.0 Å². The van der Waals surface area contributed by atoms with Crippen LogP contribution < -0.4 is 0 Å². The van der Waals surface area contributed by atoms with Crippen LogP contribution in [0.5, 0.6) is 0 Å². The number of nitrogens with zero attached hydrogens (tertiary/aromatic N) is 2. The Kier molecular flexibility index (Phi) is 4.92. The standard InChI is InChI=1S/C19H22F3N3O2/c1-18(2,3)27-17(26)25-10-4-5-15(25)16-23-11-14(24-16)12-6-8-13(9-7-12)19(20,21)22/h6-9,11,15H,4-5,10H2,1-3H3,(H,23,24). The highest BCUT2D eigenvalue weighted by molar-refractivity contribution is 5.69. The number of H-pyrrole nitrogens is 1. The van der Waals surface area contributed by atoms with Gasteiger partial charge in [0.25, 0.3) is 0 Å². The van der Waals surface area contributed by atoms with Gasteiger partial charge >= 0.3 is 12.3 Å². The summed E-state index contributed by atoms with van der Waals surface area (Å²) in [4.78, 5) is 21.5. The topological polar surface area (TPSA) is 58.2 Å². The highest BCUT2D eigenvalue weighted by atomic mass is 19.4. The molecule has 1 fully saturated rings. The van der Waals surface area contributed by atoms with Crippen molar-refractivity contribution in [2.24, 2.45) is 0 Å². The lowest BCUT2D eigenvalue weighted by Gasteiger charge is -2.27. The summed E-state index contributed by atoms with van der Waals surface area (Å²) in [6.45, 7) is 6.01. The molecule has 1 unspecified atom stereocenters. The highest BCUT2D eigenvalue weighted by Crippen LogP contribution is 2.34. The van der Waals surface area contributed by atoms with Crippen molar-refractivity contribution in [1.82, 2.24) is 14.9 Å². The van der Waals surface area contributed by atoms with E-state index < -0.39 is 23.4 Å². The predicted molar refractivity (Wildman–Crippen MR) is 93.9 cm³/mol. The Balaban J connectivity index is 1.77. The van der Waals surface area contributed by atoms with Crippen LogP contribution in [0, 0.1) is 0 Å². The van der Waals surface area contributed by atoms with Crippen molar-refractivity contribution in [3.63, 3.8) is 0 Å². The Morgan fingerprint density at radius 1 is 1.22 bits per heavy atom. The van der Waals surface area contributed by atoms with E-state index in [9.17, 15) is 18.0 Å². The number of imidazole rings is 1. The highest BCUT2D eigenvalue weighted by Gasteiger charge is 2.35. The van der Waals surface area contributed by atoms with Crippen LogP contribution in [0.1, 0.15) is 51.0 Å². The fraction of sp³-hybridized carbons (Fsp3) is 0.474. The van der Waals surface area contributed by atoms with Gasteiger partial charge in [0.1, 0.15) is 11.4 Å². The van der Waals surface area contributed by atoms with Crippen molar-refractivity contribution in [3.8, 4) is 11.3 Å². The Morgan fingerprint density at radius 3 is 2.48 bits per heavy atom. The van der Waals surface area contributed by atoms with Crippen LogP contribution >= 0.6 is 0 Å². The van der Waals surface area contributed by atoms with Gasteiger partial charge in [0.15, 0.2) is 0 Å². The van der Waals surface area contributed by atoms with Crippen LogP contribution in [0.15, 0.2) is 30.5 Å². The largest absolute Gasteiger partial charge is 0.444 e. The van der Waals surface area contributed by atoms with Crippen molar-refractivity contribution in [2.75, 3.05) is 6.54 Å². The van der Waals surface area contributed by atoms with E-state index in [4.69, 9.17) is 4.74 Å². The van der Waals surface area contributed by atoms with E-state index in [1.165, 1.54) is 12.1 Å². The molecule has 146 valence electrons. The van der Waals surface area contributed by atoms with E-state index in [1.807, 2.05) is 20.8 Å². The van der Waals surface area contributed by atoms with Gasteiger partial charge in [0, 0.05) is 6.54 Å². The summed E-state index contributed by atoms with van der Waals surface area (Å²) >= 11 is 0. The molecule has 0 radical (unpaired) electrons. The minimum absolute atomic E-state index is 0.233. The van der Waals surface area contributed by atoms with Gasteiger partial charge in [0.2, 0.25) is 0 Å². The molecule has 1 atom stereocenters. The molecule has 1 N–H and O–H groups in total. The number of ether oxygens (including phenoxy) is 1. The fourth-order valence-corrected chi connectivity index (χ4v) is 3.08. The second-order valence-corrected chi connectivity index (χ2v) is 7.59. The van der Waals surface area contributed by atoms with Gasteiger partial charge in [-0.2, -0.15) is 13.2 Å². The summed E-state index contributed by atoms with van der Waals surface area (Å²) in [6.07, 6.45) is -1.60. The van der Waals surface area contributed by atoms with Gasteiger partial charge in [-0.15, -0.1) is 0 Å². The third kappa shape index (κ3) is 4.43. The fourth-order valence-electron chi connectivity index (χ4n) is 3.08. The lowest BCUT2D eigenvalue weighted by Crippen LogP contribution is -2.36. The summed E-state index contributed by atoms with van der Waals surface area (Å²) in [5.41, 5.74) is -0.0742. The second kappa shape index (κ2) is 6.90. The Bertz CT molecular complexity index is 807. The monoisotopic (exact) mass is 381 g/mol. The number of hydrogen-bond acceptors (Lipinski definition) is 3. The number of halogens is 3. The number of hydrogen-bond donors (Lipinski definition) is 1. The molecule has 1 aromatic carbocycles. The maximum atomic E-state index is 12.7. The van der Waals surface area contributed by atoms with Crippen molar-refractivity contribution in [1.29, 1.82) is 0 Å². The molecule has 1 saturated heterocycles. The first-order valence-corrected chi connectivity index (χ1v) is 8.77. The zero-order valence-electron chi connectivity index (χ0n) is 15.4. The van der Waals surface area contributed by atoms with Gasteiger partial charge in [-0.3, -0.25) is 4.90 Å². The number of carbonyl (C=O) groups is 1. The smallest absolute Gasteiger partial charge is 0.416 e. The van der Waals surface area contributed by atoms with Crippen molar-refractivity contribution >= 4 is 6.09 Å². The van der Waals surface area contributed by atoms with Crippen LogP contribution in [0.3, 0.4) is 0 Å². The van der Waals surface area contributed by atoms with E-state index in [2.05, 4.69) is 9.97 Å². The Labute approximate surface area is 155 Å². The molecule has 0 bridgehead atoms. The van der Waals surface area contributed by atoms with Crippen molar-refractivity contribution < 1.29 is 22.7 Å². The Morgan fingerprint density at radius 2 is 1.89 bits per heavy atom. The lowest BCUT2D eigenvalue weighted by molar-refractivity contribution is -0.137. The number of aromatic amines is 1. The third-order valence-electron chi connectivity index (χ3n) is 4.32. The van der Waals surface area contributed by atoms with Crippen LogP contribution in [0.4, 0.5) is 18.0 Å². The molecule has 1 aliphatic heterocycles. The number of amides is 1. The number of rotatable bonds is 2. The molecule has 3 rings (SSSR count). The number of benzene rings is 1. The first-order chi connectivity index (χ1) is 12.5. The third-order valence-corrected chi connectivity index (χ3v) is 4.32. The lowest BCUT2D eigenvalue weighted by atomic mass is 10.1. The SMILES string of the molecule is CC(C)(C)OC(=O)N1CCCC1c1ncc(-c2ccc(C(F)(F)F)cc2)[nH]1. The van der Waals surface area contributed by atoms with E-state index >= 15 is 0 Å². The van der Waals surface area contributed by atoms with Crippen molar-refractivity contribution in [2.45, 2.75) is 51.4 Å². The van der Waals surface area contributed by atoms with Crippen LogP contribution in [0.2, 0.25) is 0 Å². The number of alkyl halides is 3. The van der Waals surface area contributed by atoms with Crippen molar-refractivity contribution in [3.05, 3.63) is 41.9 Å². The molecule has 8 heteroatoms. The molecule has 2 heterocycles. The van der Waals surface area contributed by atoms with E-state index in [-0.39, 0.29) is 6.04 Å². The van der Waals surface area contributed by atoms with Crippen LogP contribution in [-0.2, 0) is 10.9 Å². The molecular weight excluding hydrogens is 359 g/mol. The van der Waals surface area contributed by atoms with Gasteiger partial charge < -0.3 is 9.72 Å². The first-order valence-electron chi connectivity index (χ1n) is 8.77. The summed E-state index contributed by atoms with van der Waals surface area (Å²) in [5, 5.41) is 0. The molecule has 1 amide bonds. The van der Waals surface area contributed by atoms with Gasteiger partial charge in [-0.05, 0) is 51.3 Å². The summed E-state index contributed by atoms with van der Waals surface area (Å²) in [5.74, 6) is 0.605. The molecule has 0 aliphatic carbocycles. The molecule has 5 nitrogen and oxygen atoms in total. The molecule has 27 heavy (non-hydrogen) atoms. The summed E-state index contributed by atoms with van der Waals surface area (Å²) < 4.78 is 43.5. The zero-order valence-corrected chi connectivity index (χ0v) is 15.4. The minimum Gasteiger partial charge on any atom is -0.444 e. The van der Waals surface area contributed by atoms with Crippen LogP contribution in [-0.4, -0.2) is 33.1 Å². The quantitative estimate of drug-likeness (QED) is 0.781.